The standard InChI is InChI=1S/C17H14OS/c18-17(14-4-2-1-3-5-14)15-8-6-13(7-9-15)16-10-11-19-12-16/h1-12,17-18H. The molecular weight excluding hydrogens is 252 g/mol. The van der Waals surface area contributed by atoms with Gasteiger partial charge in [0.25, 0.3) is 0 Å². The third-order valence-corrected chi connectivity index (χ3v) is 3.88. The van der Waals surface area contributed by atoms with Crippen LogP contribution < -0.4 is 0 Å². The van der Waals surface area contributed by atoms with Gasteiger partial charge in [-0.3, -0.25) is 0 Å². The van der Waals surface area contributed by atoms with E-state index in [1.165, 1.54) is 11.1 Å². The number of hydrogen-bond donors (Lipinski definition) is 1. The Hall–Kier alpha value is -1.90. The van der Waals surface area contributed by atoms with Gasteiger partial charge in [0.2, 0.25) is 0 Å². The molecule has 0 fully saturated rings. The molecule has 0 aliphatic heterocycles. The van der Waals surface area contributed by atoms with Crippen molar-refractivity contribution < 1.29 is 5.11 Å². The van der Waals surface area contributed by atoms with Crippen molar-refractivity contribution in [1.29, 1.82) is 0 Å². The lowest BCUT2D eigenvalue weighted by molar-refractivity contribution is 0.220. The second kappa shape index (κ2) is 5.39. The van der Waals surface area contributed by atoms with E-state index in [-0.39, 0.29) is 0 Å². The zero-order valence-electron chi connectivity index (χ0n) is 10.4. The maximum atomic E-state index is 10.3. The van der Waals surface area contributed by atoms with E-state index in [9.17, 15) is 5.11 Å². The SMILES string of the molecule is OC(c1ccccc1)c1ccc(-c2ccsc2)cc1. The topological polar surface area (TPSA) is 20.2 Å². The summed E-state index contributed by atoms with van der Waals surface area (Å²) in [6, 6.07) is 19.9. The van der Waals surface area contributed by atoms with E-state index in [1.54, 1.807) is 11.3 Å². The van der Waals surface area contributed by atoms with Crippen LogP contribution in [-0.2, 0) is 0 Å². The number of rotatable bonds is 3. The lowest BCUT2D eigenvalue weighted by atomic mass is 9.99. The first-order valence-electron chi connectivity index (χ1n) is 6.20. The molecule has 0 amide bonds. The van der Waals surface area contributed by atoms with Crippen LogP contribution >= 0.6 is 11.3 Å². The second-order valence-corrected chi connectivity index (χ2v) is 5.23. The molecule has 1 aromatic heterocycles. The van der Waals surface area contributed by atoms with Gasteiger partial charge < -0.3 is 5.11 Å². The van der Waals surface area contributed by atoms with Crippen LogP contribution in [0.2, 0.25) is 0 Å². The van der Waals surface area contributed by atoms with Crippen molar-refractivity contribution in [3.05, 3.63) is 82.6 Å². The van der Waals surface area contributed by atoms with Crippen LogP contribution in [-0.4, -0.2) is 5.11 Å². The van der Waals surface area contributed by atoms with Gasteiger partial charge in [-0.15, -0.1) is 0 Å². The van der Waals surface area contributed by atoms with Crippen LogP contribution in [0, 0.1) is 0 Å². The summed E-state index contributed by atoms with van der Waals surface area (Å²) >= 11 is 1.69. The zero-order valence-corrected chi connectivity index (χ0v) is 11.2. The quantitative estimate of drug-likeness (QED) is 0.740. The maximum absolute atomic E-state index is 10.3. The van der Waals surface area contributed by atoms with Crippen molar-refractivity contribution in [2.24, 2.45) is 0 Å². The summed E-state index contributed by atoms with van der Waals surface area (Å²) in [5.74, 6) is 0. The highest BCUT2D eigenvalue weighted by molar-refractivity contribution is 7.08. The molecule has 2 aromatic carbocycles. The molecule has 3 aromatic rings. The zero-order chi connectivity index (χ0) is 13.1. The fourth-order valence-electron chi connectivity index (χ4n) is 2.11. The first-order chi connectivity index (χ1) is 9.34. The molecule has 0 spiro atoms. The Kier molecular flexibility index (Phi) is 3.45. The smallest absolute Gasteiger partial charge is 0.104 e. The van der Waals surface area contributed by atoms with Gasteiger partial charge in [-0.2, -0.15) is 11.3 Å². The van der Waals surface area contributed by atoms with Gasteiger partial charge in [0.1, 0.15) is 6.10 Å². The summed E-state index contributed by atoms with van der Waals surface area (Å²) in [4.78, 5) is 0. The summed E-state index contributed by atoms with van der Waals surface area (Å²) in [5.41, 5.74) is 4.26. The Morgan fingerprint density at radius 2 is 1.42 bits per heavy atom. The van der Waals surface area contributed by atoms with Crippen LogP contribution in [0.15, 0.2) is 71.4 Å². The molecule has 1 heterocycles. The van der Waals surface area contributed by atoms with Crippen LogP contribution in [0.3, 0.4) is 0 Å². The third kappa shape index (κ3) is 2.60. The number of hydrogen-bond acceptors (Lipinski definition) is 2. The Bertz CT molecular complexity index is 627. The molecule has 1 atom stereocenters. The molecule has 0 saturated carbocycles. The van der Waals surface area contributed by atoms with Crippen LogP contribution in [0.5, 0.6) is 0 Å². The Morgan fingerprint density at radius 1 is 0.737 bits per heavy atom. The molecule has 1 N–H and O–H groups in total. The molecule has 0 saturated heterocycles. The largest absolute Gasteiger partial charge is 0.384 e. The first kappa shape index (κ1) is 12.2. The molecule has 0 radical (unpaired) electrons. The second-order valence-electron chi connectivity index (χ2n) is 4.45. The fraction of sp³-hybridized carbons (Fsp3) is 0.0588. The van der Waals surface area contributed by atoms with E-state index in [4.69, 9.17) is 0 Å². The number of benzene rings is 2. The predicted molar refractivity (Wildman–Crippen MR) is 80.3 cm³/mol. The maximum Gasteiger partial charge on any atom is 0.104 e. The molecule has 1 nitrogen and oxygen atoms in total. The number of aliphatic hydroxyl groups is 1. The lowest BCUT2D eigenvalue weighted by Crippen LogP contribution is -1.98. The Morgan fingerprint density at radius 3 is 2.05 bits per heavy atom. The molecule has 2 heteroatoms. The number of thiophene rings is 1. The van der Waals surface area contributed by atoms with Crippen LogP contribution in [0.1, 0.15) is 17.2 Å². The van der Waals surface area contributed by atoms with Crippen LogP contribution in [0.25, 0.3) is 11.1 Å². The van der Waals surface area contributed by atoms with Crippen molar-refractivity contribution in [1.82, 2.24) is 0 Å². The van der Waals surface area contributed by atoms with E-state index in [0.29, 0.717) is 0 Å². The van der Waals surface area contributed by atoms with Crippen molar-refractivity contribution >= 4 is 11.3 Å². The molecule has 0 aliphatic rings. The van der Waals surface area contributed by atoms with E-state index < -0.39 is 6.10 Å². The third-order valence-electron chi connectivity index (χ3n) is 3.20. The Balaban J connectivity index is 1.87. The average molecular weight is 266 g/mol. The minimum absolute atomic E-state index is 0.558. The molecule has 94 valence electrons. The van der Waals surface area contributed by atoms with Crippen molar-refractivity contribution in [2.75, 3.05) is 0 Å². The van der Waals surface area contributed by atoms with Gasteiger partial charge >= 0.3 is 0 Å². The molecule has 19 heavy (non-hydrogen) atoms. The monoisotopic (exact) mass is 266 g/mol. The predicted octanol–water partition coefficient (Wildman–Crippen LogP) is 4.50. The molecular formula is C17H14OS. The Labute approximate surface area is 116 Å². The molecule has 0 bridgehead atoms. The van der Waals surface area contributed by atoms with Crippen molar-refractivity contribution in [2.45, 2.75) is 6.10 Å². The highest BCUT2D eigenvalue weighted by atomic mass is 32.1. The molecule has 3 rings (SSSR count). The molecule has 1 unspecified atom stereocenters. The van der Waals surface area contributed by atoms with E-state index >= 15 is 0 Å². The summed E-state index contributed by atoms with van der Waals surface area (Å²) < 4.78 is 0. The summed E-state index contributed by atoms with van der Waals surface area (Å²) in [5, 5.41) is 14.5. The lowest BCUT2D eigenvalue weighted by Gasteiger charge is -2.11. The first-order valence-corrected chi connectivity index (χ1v) is 7.14. The van der Waals surface area contributed by atoms with Gasteiger partial charge in [0.05, 0.1) is 0 Å². The fourth-order valence-corrected chi connectivity index (χ4v) is 2.78. The van der Waals surface area contributed by atoms with Gasteiger partial charge in [0, 0.05) is 0 Å². The minimum atomic E-state index is -0.558. The van der Waals surface area contributed by atoms with Gasteiger partial charge in [-0.25, -0.2) is 0 Å². The van der Waals surface area contributed by atoms with E-state index in [1.807, 2.05) is 42.5 Å². The van der Waals surface area contributed by atoms with Gasteiger partial charge in [-0.1, -0.05) is 54.6 Å². The summed E-state index contributed by atoms with van der Waals surface area (Å²) in [7, 11) is 0. The van der Waals surface area contributed by atoms with Crippen molar-refractivity contribution in [3.63, 3.8) is 0 Å². The van der Waals surface area contributed by atoms with E-state index in [2.05, 4.69) is 29.0 Å². The van der Waals surface area contributed by atoms with Gasteiger partial charge in [0.15, 0.2) is 0 Å². The summed E-state index contributed by atoms with van der Waals surface area (Å²) in [6.07, 6.45) is -0.558. The van der Waals surface area contributed by atoms with Crippen molar-refractivity contribution in [3.8, 4) is 11.1 Å². The highest BCUT2D eigenvalue weighted by Crippen LogP contribution is 2.26. The highest BCUT2D eigenvalue weighted by Gasteiger charge is 2.09. The minimum Gasteiger partial charge on any atom is -0.384 e. The molecule has 0 aliphatic carbocycles. The normalized spacial score (nSPS) is 12.3. The van der Waals surface area contributed by atoms with Crippen LogP contribution in [0.4, 0.5) is 0 Å². The average Bonchev–Trinajstić information content (AvgIpc) is 3.02. The van der Waals surface area contributed by atoms with Gasteiger partial charge in [-0.05, 0) is 39.1 Å². The number of aliphatic hydroxyl groups excluding tert-OH is 1. The summed E-state index contributed by atoms with van der Waals surface area (Å²) in [6.45, 7) is 0. The van der Waals surface area contributed by atoms with E-state index in [0.717, 1.165) is 11.1 Å².